The van der Waals surface area contributed by atoms with Crippen LogP contribution in [0.5, 0.6) is 0 Å². The molecular weight excluding hydrogens is 326 g/mol. The van der Waals surface area contributed by atoms with E-state index >= 15 is 0 Å². The van der Waals surface area contributed by atoms with Gasteiger partial charge in [-0.1, -0.05) is 48.5 Å². The summed E-state index contributed by atoms with van der Waals surface area (Å²) in [4.78, 5) is 18.8. The number of anilines is 1. The first-order chi connectivity index (χ1) is 12.7. The topological polar surface area (TPSA) is 59.2 Å². The van der Waals surface area contributed by atoms with Crippen molar-refractivity contribution in [1.29, 1.82) is 0 Å². The maximum absolute atomic E-state index is 12.5. The first kappa shape index (κ1) is 16.5. The Balaban J connectivity index is 1.55. The van der Waals surface area contributed by atoms with Gasteiger partial charge in [0.1, 0.15) is 0 Å². The summed E-state index contributed by atoms with van der Waals surface area (Å²) in [6, 6.07) is 16.1. The van der Waals surface area contributed by atoms with Gasteiger partial charge >= 0.3 is 0 Å². The molecule has 0 spiro atoms. The van der Waals surface area contributed by atoms with E-state index < -0.39 is 0 Å². The lowest BCUT2D eigenvalue weighted by atomic mass is 10.1. The van der Waals surface area contributed by atoms with E-state index in [1.54, 1.807) is 0 Å². The van der Waals surface area contributed by atoms with E-state index in [1.807, 2.05) is 48.2 Å². The van der Waals surface area contributed by atoms with Crippen molar-refractivity contribution < 1.29 is 9.32 Å². The van der Waals surface area contributed by atoms with Crippen LogP contribution >= 0.6 is 0 Å². The van der Waals surface area contributed by atoms with Gasteiger partial charge in [0.15, 0.2) is 0 Å². The van der Waals surface area contributed by atoms with Crippen LogP contribution in [0.25, 0.3) is 11.4 Å². The summed E-state index contributed by atoms with van der Waals surface area (Å²) in [5.41, 5.74) is 4.24. The summed E-state index contributed by atoms with van der Waals surface area (Å²) in [6.45, 7) is 4.71. The molecule has 0 N–H and O–H groups in total. The molecule has 5 nitrogen and oxygen atoms in total. The number of carbonyl (C=O) groups excluding carboxylic acids is 1. The van der Waals surface area contributed by atoms with Crippen molar-refractivity contribution >= 4 is 11.6 Å². The zero-order chi connectivity index (χ0) is 18.1. The minimum atomic E-state index is -0.0707. The third-order valence-electron chi connectivity index (χ3n) is 4.96. The summed E-state index contributed by atoms with van der Waals surface area (Å²) in [6.07, 6.45) is 1.38. The van der Waals surface area contributed by atoms with Crippen LogP contribution in [0.2, 0.25) is 0 Å². The molecule has 1 aromatic heterocycles. The van der Waals surface area contributed by atoms with Crippen molar-refractivity contribution in [3.63, 3.8) is 0 Å². The standard InChI is InChI=1S/C21H21N3O2/c1-3-15-8-10-17(11-9-15)24-13-16(12-19(24)25)21-22-20(23-26-21)18-7-5-4-6-14(18)2/h4-11,16H,3,12-13H2,1-2H3/t16-/m0/s1. The predicted octanol–water partition coefficient (Wildman–Crippen LogP) is 4.13. The van der Waals surface area contributed by atoms with E-state index in [0.29, 0.717) is 24.7 Å². The fourth-order valence-electron chi connectivity index (χ4n) is 3.37. The molecule has 1 aliphatic heterocycles. The largest absolute Gasteiger partial charge is 0.339 e. The van der Waals surface area contributed by atoms with Crippen LogP contribution in [-0.2, 0) is 11.2 Å². The summed E-state index contributed by atoms with van der Waals surface area (Å²) in [5.74, 6) is 1.13. The quantitative estimate of drug-likeness (QED) is 0.712. The Labute approximate surface area is 152 Å². The Hall–Kier alpha value is -2.95. The molecule has 1 saturated heterocycles. The van der Waals surface area contributed by atoms with Gasteiger partial charge in [0.2, 0.25) is 17.6 Å². The minimum absolute atomic E-state index is 0.0707. The Morgan fingerprint density at radius 1 is 1.15 bits per heavy atom. The lowest BCUT2D eigenvalue weighted by Crippen LogP contribution is -2.24. The van der Waals surface area contributed by atoms with Crippen molar-refractivity contribution in [1.82, 2.24) is 10.1 Å². The second-order valence-electron chi connectivity index (χ2n) is 6.70. The van der Waals surface area contributed by atoms with E-state index in [-0.39, 0.29) is 11.8 Å². The maximum Gasteiger partial charge on any atom is 0.232 e. The van der Waals surface area contributed by atoms with Crippen LogP contribution in [0.15, 0.2) is 53.1 Å². The lowest BCUT2D eigenvalue weighted by molar-refractivity contribution is -0.117. The van der Waals surface area contributed by atoms with Crippen LogP contribution in [0.1, 0.15) is 36.3 Å². The van der Waals surface area contributed by atoms with Gasteiger partial charge in [0, 0.05) is 24.2 Å². The number of nitrogens with zero attached hydrogens (tertiary/aromatic N) is 3. The summed E-state index contributed by atoms with van der Waals surface area (Å²) in [5, 5.41) is 4.12. The highest BCUT2D eigenvalue weighted by Gasteiger charge is 2.35. The number of carbonyl (C=O) groups is 1. The zero-order valence-corrected chi connectivity index (χ0v) is 15.0. The molecule has 2 aromatic carbocycles. The van der Waals surface area contributed by atoms with E-state index in [0.717, 1.165) is 23.2 Å². The van der Waals surface area contributed by atoms with Crippen LogP contribution in [-0.4, -0.2) is 22.6 Å². The first-order valence-corrected chi connectivity index (χ1v) is 8.94. The number of hydrogen-bond acceptors (Lipinski definition) is 4. The zero-order valence-electron chi connectivity index (χ0n) is 15.0. The van der Waals surface area contributed by atoms with Crippen molar-refractivity contribution in [3.05, 3.63) is 65.5 Å². The monoisotopic (exact) mass is 347 g/mol. The second kappa shape index (κ2) is 6.75. The Kier molecular flexibility index (Phi) is 4.29. The van der Waals surface area contributed by atoms with Crippen LogP contribution in [0.3, 0.4) is 0 Å². The van der Waals surface area contributed by atoms with Gasteiger partial charge in [0.25, 0.3) is 0 Å². The number of amides is 1. The number of rotatable bonds is 4. The van der Waals surface area contributed by atoms with Crippen LogP contribution in [0, 0.1) is 6.92 Å². The van der Waals surface area contributed by atoms with Gasteiger partial charge in [0.05, 0.1) is 5.92 Å². The van der Waals surface area contributed by atoms with Crippen molar-refractivity contribution in [3.8, 4) is 11.4 Å². The number of aromatic nitrogens is 2. The van der Waals surface area contributed by atoms with E-state index in [9.17, 15) is 4.79 Å². The molecule has 1 atom stereocenters. The van der Waals surface area contributed by atoms with Crippen molar-refractivity contribution in [2.75, 3.05) is 11.4 Å². The second-order valence-corrected chi connectivity index (χ2v) is 6.70. The van der Waals surface area contributed by atoms with Gasteiger partial charge < -0.3 is 9.42 Å². The molecule has 3 aromatic rings. The summed E-state index contributed by atoms with van der Waals surface area (Å²) in [7, 11) is 0. The normalized spacial score (nSPS) is 17.1. The van der Waals surface area contributed by atoms with Crippen molar-refractivity contribution in [2.45, 2.75) is 32.6 Å². The van der Waals surface area contributed by atoms with Gasteiger partial charge in [-0.2, -0.15) is 4.98 Å². The third kappa shape index (κ3) is 3.01. The molecule has 1 amide bonds. The summed E-state index contributed by atoms with van der Waals surface area (Å²) >= 11 is 0. The molecule has 2 heterocycles. The smallest absolute Gasteiger partial charge is 0.232 e. The fraction of sp³-hybridized carbons (Fsp3) is 0.286. The van der Waals surface area contributed by atoms with Gasteiger partial charge in [-0.25, -0.2) is 0 Å². The highest BCUT2D eigenvalue weighted by Crippen LogP contribution is 2.32. The molecule has 0 radical (unpaired) electrons. The average Bonchev–Trinajstić information content (AvgIpc) is 3.29. The third-order valence-corrected chi connectivity index (χ3v) is 4.96. The molecule has 0 bridgehead atoms. The molecule has 5 heteroatoms. The molecule has 26 heavy (non-hydrogen) atoms. The SMILES string of the molecule is CCc1ccc(N2C[C@@H](c3nc(-c4ccccc4C)no3)CC2=O)cc1. The number of hydrogen-bond donors (Lipinski definition) is 0. The predicted molar refractivity (Wildman–Crippen MR) is 100 cm³/mol. The highest BCUT2D eigenvalue weighted by atomic mass is 16.5. The van der Waals surface area contributed by atoms with E-state index in [2.05, 4.69) is 29.2 Å². The summed E-state index contributed by atoms with van der Waals surface area (Å²) < 4.78 is 5.49. The van der Waals surface area contributed by atoms with Crippen LogP contribution < -0.4 is 4.90 Å². The number of aryl methyl sites for hydroxylation is 2. The van der Waals surface area contributed by atoms with Gasteiger partial charge in [-0.3, -0.25) is 4.79 Å². The Morgan fingerprint density at radius 3 is 2.65 bits per heavy atom. The molecule has 4 rings (SSSR count). The Bertz CT molecular complexity index is 930. The van der Waals surface area contributed by atoms with Crippen molar-refractivity contribution in [2.24, 2.45) is 0 Å². The first-order valence-electron chi connectivity index (χ1n) is 8.94. The van der Waals surface area contributed by atoms with Crippen LogP contribution in [0.4, 0.5) is 5.69 Å². The molecule has 0 aliphatic carbocycles. The van der Waals surface area contributed by atoms with Gasteiger partial charge in [-0.15, -0.1) is 0 Å². The minimum Gasteiger partial charge on any atom is -0.339 e. The lowest BCUT2D eigenvalue weighted by Gasteiger charge is -2.16. The average molecular weight is 347 g/mol. The van der Waals surface area contributed by atoms with E-state index in [1.165, 1.54) is 5.56 Å². The van der Waals surface area contributed by atoms with Gasteiger partial charge in [-0.05, 0) is 36.6 Å². The maximum atomic E-state index is 12.5. The number of benzene rings is 2. The molecule has 132 valence electrons. The fourth-order valence-corrected chi connectivity index (χ4v) is 3.37. The molecule has 1 fully saturated rings. The highest BCUT2D eigenvalue weighted by molar-refractivity contribution is 5.96. The van der Waals surface area contributed by atoms with E-state index in [4.69, 9.17) is 4.52 Å². The molecule has 0 unspecified atom stereocenters. The molecule has 0 saturated carbocycles. The molecule has 1 aliphatic rings. The Morgan fingerprint density at radius 2 is 1.92 bits per heavy atom. The molecular formula is C21H21N3O2.